The van der Waals surface area contributed by atoms with Gasteiger partial charge in [0.15, 0.2) is 0 Å². The van der Waals surface area contributed by atoms with Crippen molar-refractivity contribution >= 4 is 21.9 Å². The molecule has 4 nitrogen and oxygen atoms in total. The van der Waals surface area contributed by atoms with Crippen LogP contribution in [0.3, 0.4) is 0 Å². The van der Waals surface area contributed by atoms with Crippen LogP contribution in [0.1, 0.15) is 40.3 Å². The summed E-state index contributed by atoms with van der Waals surface area (Å²) in [6.07, 6.45) is 1.83. The standard InChI is InChI=1S/C23H26BrNO3/c1-13-10-20(27-12-15-6-4-5-7-19(15)24)14(2)21-16(13)8-9-17-18(11-25-3)23(26)28-22(17)21/h4-7,10,17-18,22,25H,8-9,11-12H2,1-3H3/t17-,18?,22+/m0/s1. The van der Waals surface area contributed by atoms with Crippen molar-refractivity contribution in [1.82, 2.24) is 5.32 Å². The summed E-state index contributed by atoms with van der Waals surface area (Å²) in [7, 11) is 1.89. The largest absolute Gasteiger partial charge is 0.489 e. The molecule has 1 saturated heterocycles. The van der Waals surface area contributed by atoms with Crippen molar-refractivity contribution in [2.24, 2.45) is 11.8 Å². The average Bonchev–Trinajstić information content (AvgIpc) is 3.00. The number of carbonyl (C=O) groups is 1. The van der Waals surface area contributed by atoms with Crippen LogP contribution < -0.4 is 10.1 Å². The Morgan fingerprint density at radius 2 is 2.07 bits per heavy atom. The summed E-state index contributed by atoms with van der Waals surface area (Å²) in [5.41, 5.74) is 5.92. The fourth-order valence-electron chi connectivity index (χ4n) is 4.68. The van der Waals surface area contributed by atoms with Crippen LogP contribution in [-0.2, 0) is 22.6 Å². The molecule has 1 heterocycles. The zero-order valence-electron chi connectivity index (χ0n) is 16.5. The Kier molecular flexibility index (Phi) is 5.48. The van der Waals surface area contributed by atoms with E-state index in [2.05, 4.69) is 47.2 Å². The molecule has 28 heavy (non-hydrogen) atoms. The molecular formula is C23H26BrNO3. The van der Waals surface area contributed by atoms with Crippen molar-refractivity contribution in [3.8, 4) is 5.75 Å². The zero-order valence-corrected chi connectivity index (χ0v) is 18.1. The second-order valence-electron chi connectivity index (χ2n) is 7.81. The molecule has 1 aliphatic heterocycles. The number of aryl methyl sites for hydroxylation is 1. The number of esters is 1. The summed E-state index contributed by atoms with van der Waals surface area (Å²) in [4.78, 5) is 12.5. The lowest BCUT2D eigenvalue weighted by Crippen LogP contribution is -2.30. The molecule has 0 aromatic heterocycles. The maximum absolute atomic E-state index is 12.5. The maximum Gasteiger partial charge on any atom is 0.311 e. The summed E-state index contributed by atoms with van der Waals surface area (Å²) in [5, 5.41) is 3.15. The van der Waals surface area contributed by atoms with Crippen molar-refractivity contribution in [2.75, 3.05) is 13.6 Å². The van der Waals surface area contributed by atoms with Crippen LogP contribution in [0.2, 0.25) is 0 Å². The molecule has 1 aliphatic carbocycles. The summed E-state index contributed by atoms with van der Waals surface area (Å²) in [5.74, 6) is 0.978. The van der Waals surface area contributed by atoms with Crippen LogP contribution in [-0.4, -0.2) is 19.6 Å². The fourth-order valence-corrected chi connectivity index (χ4v) is 5.08. The summed E-state index contributed by atoms with van der Waals surface area (Å²) >= 11 is 3.58. The number of carbonyl (C=O) groups excluding carboxylic acids is 1. The molecule has 1 unspecified atom stereocenters. The first-order valence-electron chi connectivity index (χ1n) is 9.85. The molecule has 0 bridgehead atoms. The van der Waals surface area contributed by atoms with E-state index in [1.807, 2.05) is 25.2 Å². The quantitative estimate of drug-likeness (QED) is 0.683. The average molecular weight is 444 g/mol. The highest BCUT2D eigenvalue weighted by molar-refractivity contribution is 9.10. The smallest absolute Gasteiger partial charge is 0.311 e. The number of rotatable bonds is 5. The molecule has 2 aromatic rings. The fraction of sp³-hybridized carbons (Fsp3) is 0.435. The first-order valence-corrected chi connectivity index (χ1v) is 10.6. The Morgan fingerprint density at radius 3 is 2.82 bits per heavy atom. The molecular weight excluding hydrogens is 418 g/mol. The molecule has 0 saturated carbocycles. The van der Waals surface area contributed by atoms with Crippen molar-refractivity contribution < 1.29 is 14.3 Å². The number of ether oxygens (including phenoxy) is 2. The van der Waals surface area contributed by atoms with E-state index in [0.717, 1.165) is 34.2 Å². The second-order valence-corrected chi connectivity index (χ2v) is 8.67. The molecule has 2 aliphatic rings. The Labute approximate surface area is 174 Å². The van der Waals surface area contributed by atoms with Gasteiger partial charge in [0.1, 0.15) is 18.5 Å². The van der Waals surface area contributed by atoms with Crippen LogP contribution in [0.15, 0.2) is 34.8 Å². The Balaban J connectivity index is 1.66. The van der Waals surface area contributed by atoms with Gasteiger partial charge in [0, 0.05) is 28.1 Å². The molecule has 0 amide bonds. The van der Waals surface area contributed by atoms with E-state index >= 15 is 0 Å². The molecule has 1 fully saturated rings. The molecule has 0 radical (unpaired) electrons. The summed E-state index contributed by atoms with van der Waals surface area (Å²) in [6, 6.07) is 10.2. The monoisotopic (exact) mass is 443 g/mol. The van der Waals surface area contributed by atoms with Gasteiger partial charge in [-0.2, -0.15) is 0 Å². The van der Waals surface area contributed by atoms with Gasteiger partial charge in [-0.1, -0.05) is 34.1 Å². The molecule has 4 rings (SSSR count). The first-order chi connectivity index (χ1) is 13.5. The number of halogens is 1. The van der Waals surface area contributed by atoms with E-state index in [4.69, 9.17) is 9.47 Å². The lowest BCUT2D eigenvalue weighted by molar-refractivity contribution is -0.144. The van der Waals surface area contributed by atoms with Crippen LogP contribution in [0.4, 0.5) is 0 Å². The van der Waals surface area contributed by atoms with E-state index in [1.165, 1.54) is 16.7 Å². The van der Waals surface area contributed by atoms with Gasteiger partial charge < -0.3 is 14.8 Å². The predicted octanol–water partition coefficient (Wildman–Crippen LogP) is 4.64. The first kappa shape index (κ1) is 19.5. The third kappa shape index (κ3) is 3.35. The van der Waals surface area contributed by atoms with Gasteiger partial charge in [0.05, 0.1) is 5.92 Å². The van der Waals surface area contributed by atoms with Gasteiger partial charge >= 0.3 is 5.97 Å². The Hall–Kier alpha value is -1.85. The van der Waals surface area contributed by atoms with Crippen LogP contribution in [0.5, 0.6) is 5.75 Å². The van der Waals surface area contributed by atoms with Crippen molar-refractivity contribution in [1.29, 1.82) is 0 Å². The summed E-state index contributed by atoms with van der Waals surface area (Å²) < 4.78 is 13.1. The third-order valence-electron chi connectivity index (χ3n) is 6.15. The second kappa shape index (κ2) is 7.88. The number of fused-ring (bicyclic) bond motifs is 3. The van der Waals surface area contributed by atoms with E-state index < -0.39 is 0 Å². The minimum atomic E-state index is -0.152. The maximum atomic E-state index is 12.5. The Morgan fingerprint density at radius 1 is 1.29 bits per heavy atom. The van der Waals surface area contributed by atoms with Crippen LogP contribution >= 0.6 is 15.9 Å². The van der Waals surface area contributed by atoms with Gasteiger partial charge in [-0.15, -0.1) is 0 Å². The molecule has 5 heteroatoms. The summed E-state index contributed by atoms with van der Waals surface area (Å²) in [6.45, 7) is 5.39. The molecule has 0 spiro atoms. The number of hydrogen-bond donors (Lipinski definition) is 1. The molecule has 3 atom stereocenters. The SMILES string of the molecule is CNCC1C(=O)O[C@H]2c3c(C)c(OCc4ccccc4Br)cc(C)c3CC[C@@H]12. The van der Waals surface area contributed by atoms with E-state index in [9.17, 15) is 4.79 Å². The zero-order chi connectivity index (χ0) is 19.8. The third-order valence-corrected chi connectivity index (χ3v) is 6.92. The van der Waals surface area contributed by atoms with Crippen LogP contribution in [0, 0.1) is 25.7 Å². The van der Waals surface area contributed by atoms with Gasteiger partial charge in [-0.05, 0) is 62.6 Å². The van der Waals surface area contributed by atoms with E-state index in [-0.39, 0.29) is 23.9 Å². The number of nitrogens with one attached hydrogen (secondary N) is 1. The van der Waals surface area contributed by atoms with Crippen molar-refractivity contribution in [3.05, 3.63) is 62.6 Å². The van der Waals surface area contributed by atoms with Gasteiger partial charge in [0.2, 0.25) is 0 Å². The topological polar surface area (TPSA) is 47.6 Å². The minimum Gasteiger partial charge on any atom is -0.489 e. The number of benzene rings is 2. The molecule has 2 aromatic carbocycles. The molecule has 148 valence electrons. The Bertz CT molecular complexity index is 911. The lowest BCUT2D eigenvalue weighted by Gasteiger charge is -2.31. The van der Waals surface area contributed by atoms with Crippen LogP contribution in [0.25, 0.3) is 0 Å². The lowest BCUT2D eigenvalue weighted by atomic mass is 9.74. The van der Waals surface area contributed by atoms with Crippen molar-refractivity contribution in [3.63, 3.8) is 0 Å². The van der Waals surface area contributed by atoms with Gasteiger partial charge in [-0.3, -0.25) is 4.79 Å². The minimum absolute atomic E-state index is 0.0623. The van der Waals surface area contributed by atoms with E-state index in [0.29, 0.717) is 13.2 Å². The van der Waals surface area contributed by atoms with Gasteiger partial charge in [-0.25, -0.2) is 0 Å². The normalized spacial score (nSPS) is 23.1. The van der Waals surface area contributed by atoms with Gasteiger partial charge in [0.25, 0.3) is 0 Å². The highest BCUT2D eigenvalue weighted by atomic mass is 79.9. The predicted molar refractivity (Wildman–Crippen MR) is 112 cm³/mol. The van der Waals surface area contributed by atoms with Crippen molar-refractivity contribution in [2.45, 2.75) is 39.4 Å². The highest BCUT2D eigenvalue weighted by Gasteiger charge is 2.48. The van der Waals surface area contributed by atoms with E-state index in [1.54, 1.807) is 0 Å². The molecule has 1 N–H and O–H groups in total. The highest BCUT2D eigenvalue weighted by Crippen LogP contribution is 2.49. The number of hydrogen-bond acceptors (Lipinski definition) is 4.